The molecule has 1 fully saturated rings. The Hall–Kier alpha value is -1.87. The predicted molar refractivity (Wildman–Crippen MR) is 233 cm³/mol. The summed E-state index contributed by atoms with van der Waals surface area (Å²) in [5.74, 6) is -1.99. The summed E-state index contributed by atoms with van der Waals surface area (Å²) >= 11 is 0. The van der Waals surface area contributed by atoms with Crippen molar-refractivity contribution in [2.75, 3.05) is 19.0 Å². The lowest BCUT2D eigenvalue weighted by Gasteiger charge is -2.40. The minimum absolute atomic E-state index is 0.155. The second-order valence-electron chi connectivity index (χ2n) is 16.4. The lowest BCUT2D eigenvalue weighted by molar-refractivity contribution is -0.297. The van der Waals surface area contributed by atoms with E-state index >= 15 is 0 Å². The Morgan fingerprint density at radius 2 is 0.966 bits per heavy atom. The van der Waals surface area contributed by atoms with Gasteiger partial charge in [-0.2, -0.15) is 8.42 Å². The summed E-state index contributed by atoms with van der Waals surface area (Å²) in [4.78, 5) is 25.4. The summed E-state index contributed by atoms with van der Waals surface area (Å²) in [7, 11) is -4.60. The first-order valence-corrected chi connectivity index (χ1v) is 25.0. The lowest BCUT2D eigenvalue weighted by Crippen LogP contribution is -2.60. The maximum Gasteiger partial charge on any atom is 0.306 e. The summed E-state index contributed by atoms with van der Waals surface area (Å²) in [6.45, 7) is 3.73. The fourth-order valence-corrected chi connectivity index (χ4v) is 7.77. The minimum atomic E-state index is -4.60. The number of carbonyl (C=O) groups excluding carboxylic acids is 2. The number of hydrogen-bond donors (Lipinski definition) is 4. The molecule has 0 aromatic rings. The normalized spacial score (nSPS) is 20.4. The standard InChI is InChI=1S/C46H84O12S/c1-3-5-7-9-11-13-15-17-18-19-20-21-22-23-25-26-28-30-32-34-41(47)55-36-39(37-56-46-45(51)44(50)43(49)40(58-46)38-59(52,53)54)57-42(48)35-33-31-29-27-24-16-14-12-10-8-6-4-2/h12,14,17-18,39-40,43-46,49-51H,3-11,13,15-16,19-38H2,1-2H3,(H,52,53,54)/b14-12+,18-17+/t39-,40-,43-,44?,45?,46+/m1/s1. The predicted octanol–water partition coefficient (Wildman–Crippen LogP) is 9.62. The van der Waals surface area contributed by atoms with Crippen molar-refractivity contribution in [2.24, 2.45) is 0 Å². The highest BCUT2D eigenvalue weighted by Gasteiger charge is 2.46. The molecule has 12 nitrogen and oxygen atoms in total. The van der Waals surface area contributed by atoms with E-state index in [2.05, 4.69) is 38.2 Å². The zero-order chi connectivity index (χ0) is 43.4. The first-order chi connectivity index (χ1) is 28.5. The average molecular weight is 861 g/mol. The van der Waals surface area contributed by atoms with E-state index in [0.29, 0.717) is 12.8 Å². The van der Waals surface area contributed by atoms with Crippen molar-refractivity contribution in [1.82, 2.24) is 0 Å². The molecule has 0 saturated carbocycles. The highest BCUT2D eigenvalue weighted by Crippen LogP contribution is 2.24. The van der Waals surface area contributed by atoms with Crippen LogP contribution in [-0.2, 0) is 38.7 Å². The van der Waals surface area contributed by atoms with Crippen molar-refractivity contribution in [1.29, 1.82) is 0 Å². The molecule has 0 amide bonds. The van der Waals surface area contributed by atoms with Crippen molar-refractivity contribution in [2.45, 2.75) is 237 Å². The molecule has 59 heavy (non-hydrogen) atoms. The fraction of sp³-hybridized carbons (Fsp3) is 0.870. The van der Waals surface area contributed by atoms with E-state index in [1.54, 1.807) is 0 Å². The molecule has 1 heterocycles. The van der Waals surface area contributed by atoms with Gasteiger partial charge in [-0.25, -0.2) is 0 Å². The lowest BCUT2D eigenvalue weighted by atomic mass is 10.00. The monoisotopic (exact) mass is 861 g/mol. The van der Waals surface area contributed by atoms with Crippen LogP contribution >= 0.6 is 0 Å². The summed E-state index contributed by atoms with van der Waals surface area (Å²) in [6, 6.07) is 0. The van der Waals surface area contributed by atoms with Crippen molar-refractivity contribution in [3.63, 3.8) is 0 Å². The van der Waals surface area contributed by atoms with Gasteiger partial charge in [0.2, 0.25) is 0 Å². The average Bonchev–Trinajstić information content (AvgIpc) is 3.20. The summed E-state index contributed by atoms with van der Waals surface area (Å²) < 4.78 is 54.0. The number of allylic oxidation sites excluding steroid dienone is 4. The van der Waals surface area contributed by atoms with Crippen molar-refractivity contribution in [3.8, 4) is 0 Å². The molecule has 1 aliphatic heterocycles. The molecule has 0 bridgehead atoms. The largest absolute Gasteiger partial charge is 0.462 e. The Morgan fingerprint density at radius 3 is 1.44 bits per heavy atom. The van der Waals surface area contributed by atoms with Crippen LogP contribution in [0.5, 0.6) is 0 Å². The highest BCUT2D eigenvalue weighted by molar-refractivity contribution is 7.85. The minimum Gasteiger partial charge on any atom is -0.462 e. The molecule has 0 radical (unpaired) electrons. The van der Waals surface area contributed by atoms with Crippen LogP contribution in [0.2, 0.25) is 0 Å². The van der Waals surface area contributed by atoms with Gasteiger partial charge >= 0.3 is 11.9 Å². The van der Waals surface area contributed by atoms with Gasteiger partial charge in [0.25, 0.3) is 10.1 Å². The second kappa shape index (κ2) is 36.8. The molecule has 1 rings (SSSR count). The van der Waals surface area contributed by atoms with E-state index in [4.69, 9.17) is 18.9 Å². The number of aliphatic hydroxyl groups is 3. The molecular formula is C46H84O12S. The number of ether oxygens (including phenoxy) is 4. The Labute approximate surface area is 358 Å². The maximum atomic E-state index is 12.8. The summed E-state index contributed by atoms with van der Waals surface area (Å²) in [5, 5.41) is 30.9. The zero-order valence-electron chi connectivity index (χ0n) is 36.9. The van der Waals surface area contributed by atoms with Crippen LogP contribution < -0.4 is 0 Å². The third kappa shape index (κ3) is 31.6. The van der Waals surface area contributed by atoms with Crippen LogP contribution in [0, 0.1) is 0 Å². The zero-order valence-corrected chi connectivity index (χ0v) is 37.7. The number of hydrogen-bond acceptors (Lipinski definition) is 11. The van der Waals surface area contributed by atoms with Gasteiger partial charge in [0.1, 0.15) is 36.8 Å². The number of rotatable bonds is 39. The van der Waals surface area contributed by atoms with E-state index in [0.717, 1.165) is 57.8 Å². The molecule has 13 heteroatoms. The molecule has 1 aliphatic rings. The van der Waals surface area contributed by atoms with Gasteiger partial charge in [-0.3, -0.25) is 14.1 Å². The Bertz CT molecular complexity index is 1190. The van der Waals surface area contributed by atoms with E-state index in [9.17, 15) is 37.9 Å². The van der Waals surface area contributed by atoms with Crippen LogP contribution in [0.25, 0.3) is 0 Å². The second-order valence-corrected chi connectivity index (χ2v) is 17.9. The molecular weight excluding hydrogens is 777 g/mol. The summed E-state index contributed by atoms with van der Waals surface area (Å²) in [5.41, 5.74) is 0. The quantitative estimate of drug-likeness (QED) is 0.0199. The molecule has 0 aromatic heterocycles. The molecule has 4 N–H and O–H groups in total. The van der Waals surface area contributed by atoms with Crippen LogP contribution in [0.3, 0.4) is 0 Å². The summed E-state index contributed by atoms with van der Waals surface area (Å²) in [6.07, 6.45) is 30.8. The van der Waals surface area contributed by atoms with Gasteiger partial charge in [0.15, 0.2) is 12.4 Å². The number of aliphatic hydroxyl groups excluding tert-OH is 3. The van der Waals surface area contributed by atoms with Crippen LogP contribution in [0.1, 0.15) is 200 Å². The van der Waals surface area contributed by atoms with Crippen molar-refractivity contribution < 1.29 is 56.8 Å². The van der Waals surface area contributed by atoms with E-state index in [-0.39, 0.29) is 19.4 Å². The first kappa shape index (κ1) is 55.1. The first-order valence-electron chi connectivity index (χ1n) is 23.4. The van der Waals surface area contributed by atoms with Gasteiger partial charge in [-0.15, -0.1) is 0 Å². The van der Waals surface area contributed by atoms with E-state index in [1.807, 2.05) is 0 Å². The Morgan fingerprint density at radius 1 is 0.559 bits per heavy atom. The SMILES string of the molecule is CCCCC/C=C/CCCCCCCC(=O)O[C@H](COC(=O)CCCCCCCCCCC/C=C/CCCCCCCC)CO[C@H]1O[C@H](CS(=O)(=O)O)[C@@H](O)C(O)C1O. The molecule has 2 unspecified atom stereocenters. The van der Waals surface area contributed by atoms with Gasteiger partial charge < -0.3 is 34.3 Å². The smallest absolute Gasteiger partial charge is 0.306 e. The van der Waals surface area contributed by atoms with Gasteiger partial charge in [-0.1, -0.05) is 147 Å². The van der Waals surface area contributed by atoms with Gasteiger partial charge in [0, 0.05) is 12.8 Å². The molecule has 0 aliphatic carbocycles. The molecule has 6 atom stereocenters. The fourth-order valence-electron chi connectivity index (χ4n) is 7.08. The van der Waals surface area contributed by atoms with E-state index in [1.165, 1.54) is 103 Å². The maximum absolute atomic E-state index is 12.8. The molecule has 346 valence electrons. The van der Waals surface area contributed by atoms with E-state index < -0.39 is 71.2 Å². The van der Waals surface area contributed by atoms with Gasteiger partial charge in [-0.05, 0) is 64.2 Å². The van der Waals surface area contributed by atoms with Crippen molar-refractivity contribution in [3.05, 3.63) is 24.3 Å². The van der Waals surface area contributed by atoms with Crippen LogP contribution in [0.4, 0.5) is 0 Å². The van der Waals surface area contributed by atoms with Crippen LogP contribution in [-0.4, -0.2) is 96.0 Å². The number of esters is 2. The topological polar surface area (TPSA) is 186 Å². The van der Waals surface area contributed by atoms with Crippen LogP contribution in [0.15, 0.2) is 24.3 Å². The Kier molecular flexibility index (Phi) is 34.4. The Balaban J connectivity index is 2.40. The van der Waals surface area contributed by atoms with Gasteiger partial charge in [0.05, 0.1) is 6.61 Å². The molecule has 1 saturated heterocycles. The highest BCUT2D eigenvalue weighted by atomic mass is 32.2. The molecule has 0 aromatic carbocycles. The number of unbranched alkanes of at least 4 members (excludes halogenated alkanes) is 23. The third-order valence-corrected chi connectivity index (χ3v) is 11.5. The third-order valence-electron chi connectivity index (χ3n) is 10.8. The van der Waals surface area contributed by atoms with Crippen molar-refractivity contribution >= 4 is 22.1 Å². The number of carbonyl (C=O) groups is 2. The molecule has 0 spiro atoms.